The first-order valence-electron chi connectivity index (χ1n) is 7.00. The van der Waals surface area contributed by atoms with Gasteiger partial charge in [-0.2, -0.15) is 0 Å². The van der Waals surface area contributed by atoms with Crippen LogP contribution in [0.15, 0.2) is 0 Å². The maximum absolute atomic E-state index is 11.9. The number of hydrogen-bond donors (Lipinski definition) is 1. The molecular weight excluding hydrogens is 214 g/mol. The zero-order valence-corrected chi connectivity index (χ0v) is 11.1. The average molecular weight is 239 g/mol. The molecule has 3 heteroatoms. The van der Waals surface area contributed by atoms with Gasteiger partial charge in [0.2, 0.25) is 5.91 Å². The molecule has 1 aliphatic heterocycles. The standard InChI is InChI=1S/C14H25NO2/c1-11(2)12-5-7-14(9-12)6-3-4-8-15(14)13(17)10-16/h11-12,16H,3-10H2,1-2H3. The van der Waals surface area contributed by atoms with Crippen LogP contribution in [-0.2, 0) is 4.79 Å². The fourth-order valence-electron chi connectivity index (χ4n) is 3.76. The predicted molar refractivity (Wildman–Crippen MR) is 67.6 cm³/mol. The number of hydrogen-bond acceptors (Lipinski definition) is 2. The van der Waals surface area contributed by atoms with Crippen molar-refractivity contribution in [1.29, 1.82) is 0 Å². The molecule has 98 valence electrons. The second kappa shape index (κ2) is 4.97. The number of amides is 1. The van der Waals surface area contributed by atoms with E-state index in [9.17, 15) is 4.79 Å². The van der Waals surface area contributed by atoms with Crippen LogP contribution >= 0.6 is 0 Å². The van der Waals surface area contributed by atoms with Gasteiger partial charge < -0.3 is 10.0 Å². The number of aliphatic hydroxyl groups excluding tert-OH is 1. The molecule has 2 atom stereocenters. The van der Waals surface area contributed by atoms with Gasteiger partial charge in [0, 0.05) is 12.1 Å². The van der Waals surface area contributed by atoms with E-state index in [0.717, 1.165) is 38.1 Å². The van der Waals surface area contributed by atoms with Crippen molar-refractivity contribution in [2.45, 2.75) is 57.9 Å². The average Bonchev–Trinajstić information content (AvgIpc) is 2.74. The first kappa shape index (κ1) is 12.9. The molecule has 3 nitrogen and oxygen atoms in total. The molecule has 0 bridgehead atoms. The summed E-state index contributed by atoms with van der Waals surface area (Å²) < 4.78 is 0. The summed E-state index contributed by atoms with van der Waals surface area (Å²) in [7, 11) is 0. The molecule has 0 aromatic heterocycles. The monoisotopic (exact) mass is 239 g/mol. The topological polar surface area (TPSA) is 40.5 Å². The largest absolute Gasteiger partial charge is 0.387 e. The molecule has 1 amide bonds. The molecule has 0 radical (unpaired) electrons. The molecule has 2 unspecified atom stereocenters. The Morgan fingerprint density at radius 2 is 2.18 bits per heavy atom. The smallest absolute Gasteiger partial charge is 0.248 e. The highest BCUT2D eigenvalue weighted by molar-refractivity contribution is 5.78. The summed E-state index contributed by atoms with van der Waals surface area (Å²) in [5.41, 5.74) is 0.0903. The Kier molecular flexibility index (Phi) is 3.76. The lowest BCUT2D eigenvalue weighted by Gasteiger charge is -2.45. The Labute approximate surface area is 104 Å². The number of nitrogens with zero attached hydrogens (tertiary/aromatic N) is 1. The number of carbonyl (C=O) groups is 1. The Hall–Kier alpha value is -0.570. The van der Waals surface area contributed by atoms with Crippen LogP contribution in [0.25, 0.3) is 0 Å². The van der Waals surface area contributed by atoms with E-state index in [-0.39, 0.29) is 18.1 Å². The van der Waals surface area contributed by atoms with Crippen molar-refractivity contribution >= 4 is 5.91 Å². The third-order valence-corrected chi connectivity index (χ3v) is 4.85. The van der Waals surface area contributed by atoms with E-state index in [1.165, 1.54) is 12.8 Å². The molecule has 0 aromatic rings. The number of carbonyl (C=O) groups excluding carboxylic acids is 1. The van der Waals surface area contributed by atoms with Crippen molar-refractivity contribution in [2.24, 2.45) is 11.8 Å². The summed E-state index contributed by atoms with van der Waals surface area (Å²) in [5.74, 6) is 1.40. The molecule has 2 aliphatic rings. The van der Waals surface area contributed by atoms with Gasteiger partial charge in [0.25, 0.3) is 0 Å². The summed E-state index contributed by atoms with van der Waals surface area (Å²) in [6, 6.07) is 0. The lowest BCUT2D eigenvalue weighted by Crippen LogP contribution is -2.54. The van der Waals surface area contributed by atoms with Crippen LogP contribution in [0.1, 0.15) is 52.4 Å². The van der Waals surface area contributed by atoms with Crippen molar-refractivity contribution < 1.29 is 9.90 Å². The summed E-state index contributed by atoms with van der Waals surface area (Å²) in [6.45, 7) is 5.09. The molecule has 1 aliphatic carbocycles. The fraction of sp³-hybridized carbons (Fsp3) is 0.929. The van der Waals surface area contributed by atoms with E-state index < -0.39 is 0 Å². The third-order valence-electron chi connectivity index (χ3n) is 4.85. The number of piperidine rings is 1. The minimum atomic E-state index is -0.325. The Bertz CT molecular complexity index is 290. The minimum Gasteiger partial charge on any atom is -0.387 e. The quantitative estimate of drug-likeness (QED) is 0.802. The zero-order valence-electron chi connectivity index (χ0n) is 11.1. The van der Waals surface area contributed by atoms with Crippen molar-refractivity contribution in [3.05, 3.63) is 0 Å². The highest BCUT2D eigenvalue weighted by Crippen LogP contribution is 2.47. The van der Waals surface area contributed by atoms with Crippen molar-refractivity contribution in [1.82, 2.24) is 4.90 Å². The van der Waals surface area contributed by atoms with Crippen LogP contribution in [0.4, 0.5) is 0 Å². The SMILES string of the molecule is CC(C)C1CCC2(CCCCN2C(=O)CO)C1. The number of aliphatic hydroxyl groups is 1. The van der Waals surface area contributed by atoms with Crippen LogP contribution in [0.3, 0.4) is 0 Å². The van der Waals surface area contributed by atoms with E-state index in [4.69, 9.17) is 5.11 Å². The van der Waals surface area contributed by atoms with Crippen LogP contribution in [0.2, 0.25) is 0 Å². The van der Waals surface area contributed by atoms with Crippen molar-refractivity contribution in [3.63, 3.8) is 0 Å². The molecular formula is C14H25NO2. The van der Waals surface area contributed by atoms with Gasteiger partial charge in [-0.3, -0.25) is 4.79 Å². The van der Waals surface area contributed by atoms with Gasteiger partial charge in [0.15, 0.2) is 0 Å². The third kappa shape index (κ3) is 2.35. The molecule has 1 N–H and O–H groups in total. The number of likely N-dealkylation sites (tertiary alicyclic amines) is 1. The summed E-state index contributed by atoms with van der Waals surface area (Å²) in [5, 5.41) is 9.11. The maximum Gasteiger partial charge on any atom is 0.248 e. The molecule has 0 aromatic carbocycles. The normalized spacial score (nSPS) is 33.6. The van der Waals surface area contributed by atoms with E-state index >= 15 is 0 Å². The molecule has 1 spiro atoms. The summed E-state index contributed by atoms with van der Waals surface area (Å²) >= 11 is 0. The van der Waals surface area contributed by atoms with Crippen molar-refractivity contribution in [2.75, 3.05) is 13.2 Å². The summed E-state index contributed by atoms with van der Waals surface area (Å²) in [4.78, 5) is 13.9. The number of rotatable bonds is 2. The fourth-order valence-corrected chi connectivity index (χ4v) is 3.76. The lowest BCUT2D eigenvalue weighted by atomic mass is 9.82. The first-order valence-corrected chi connectivity index (χ1v) is 7.00. The second-order valence-electron chi connectivity index (χ2n) is 6.13. The van der Waals surface area contributed by atoms with Gasteiger partial charge >= 0.3 is 0 Å². The van der Waals surface area contributed by atoms with E-state index in [1.807, 2.05) is 4.90 Å². The van der Waals surface area contributed by atoms with Gasteiger partial charge in [-0.25, -0.2) is 0 Å². The Morgan fingerprint density at radius 3 is 2.76 bits per heavy atom. The zero-order chi connectivity index (χ0) is 12.5. The highest BCUT2D eigenvalue weighted by Gasteiger charge is 2.46. The minimum absolute atomic E-state index is 0.0610. The lowest BCUT2D eigenvalue weighted by molar-refractivity contribution is -0.143. The molecule has 1 saturated heterocycles. The van der Waals surface area contributed by atoms with Crippen LogP contribution in [-0.4, -0.2) is 34.6 Å². The van der Waals surface area contributed by atoms with E-state index in [1.54, 1.807) is 0 Å². The van der Waals surface area contributed by atoms with Crippen LogP contribution in [0.5, 0.6) is 0 Å². The Balaban J connectivity index is 2.13. The van der Waals surface area contributed by atoms with Crippen LogP contribution in [0, 0.1) is 11.8 Å². The van der Waals surface area contributed by atoms with Gasteiger partial charge in [0.1, 0.15) is 6.61 Å². The van der Waals surface area contributed by atoms with Gasteiger partial charge in [-0.1, -0.05) is 13.8 Å². The molecule has 2 fully saturated rings. The highest BCUT2D eigenvalue weighted by atomic mass is 16.3. The first-order chi connectivity index (χ1) is 8.09. The molecule has 17 heavy (non-hydrogen) atoms. The summed E-state index contributed by atoms with van der Waals surface area (Å²) in [6.07, 6.45) is 7.01. The predicted octanol–water partition coefficient (Wildman–Crippen LogP) is 2.19. The van der Waals surface area contributed by atoms with E-state index in [2.05, 4.69) is 13.8 Å². The van der Waals surface area contributed by atoms with E-state index in [0.29, 0.717) is 5.92 Å². The van der Waals surface area contributed by atoms with Gasteiger partial charge in [-0.05, 0) is 50.4 Å². The second-order valence-corrected chi connectivity index (χ2v) is 6.13. The van der Waals surface area contributed by atoms with Gasteiger partial charge in [-0.15, -0.1) is 0 Å². The molecule has 1 heterocycles. The maximum atomic E-state index is 11.9. The van der Waals surface area contributed by atoms with Crippen molar-refractivity contribution in [3.8, 4) is 0 Å². The molecule has 1 saturated carbocycles. The van der Waals surface area contributed by atoms with Gasteiger partial charge in [0.05, 0.1) is 0 Å². The Morgan fingerprint density at radius 1 is 1.41 bits per heavy atom. The van der Waals surface area contributed by atoms with Crippen LogP contribution < -0.4 is 0 Å². The molecule has 2 rings (SSSR count).